The molecule has 0 aromatic heterocycles. The second-order valence-electron chi connectivity index (χ2n) is 10.7. The molecule has 0 amide bonds. The van der Waals surface area contributed by atoms with Gasteiger partial charge in [0.1, 0.15) is 17.8 Å². The first-order valence-corrected chi connectivity index (χ1v) is 12.8. The molecule has 0 aromatic carbocycles. The Morgan fingerprint density at radius 2 is 2.03 bits per heavy atom. The summed E-state index contributed by atoms with van der Waals surface area (Å²) in [6, 6.07) is 0. The fourth-order valence-electron chi connectivity index (χ4n) is 7.85. The number of carbonyl (C=O) groups is 2. The van der Waals surface area contributed by atoms with Crippen LogP contribution < -0.4 is 0 Å². The van der Waals surface area contributed by atoms with Crippen LogP contribution in [-0.2, 0) is 28.6 Å². The second-order valence-corrected chi connectivity index (χ2v) is 12.3. The fourth-order valence-corrected chi connectivity index (χ4v) is 8.17. The minimum absolute atomic E-state index is 0.0144. The van der Waals surface area contributed by atoms with E-state index in [0.29, 0.717) is 12.8 Å². The highest BCUT2D eigenvalue weighted by molar-refractivity contribution is 7.86. The maximum Gasteiger partial charge on any atom is 0.264 e. The Morgan fingerprint density at radius 1 is 1.32 bits per heavy atom. The van der Waals surface area contributed by atoms with Gasteiger partial charge in [0, 0.05) is 10.8 Å². The van der Waals surface area contributed by atoms with Gasteiger partial charge >= 0.3 is 0 Å². The molecule has 5 rings (SSSR count). The van der Waals surface area contributed by atoms with Gasteiger partial charge in [0.15, 0.2) is 11.6 Å². The Bertz CT molecular complexity index is 1040. The van der Waals surface area contributed by atoms with Crippen molar-refractivity contribution in [2.24, 2.45) is 28.6 Å². The van der Waals surface area contributed by atoms with Gasteiger partial charge < -0.3 is 9.84 Å². The van der Waals surface area contributed by atoms with Gasteiger partial charge in [-0.1, -0.05) is 25.5 Å². The lowest BCUT2D eigenvalue weighted by Gasteiger charge is -2.55. The molecule has 1 unspecified atom stereocenters. The highest BCUT2D eigenvalue weighted by Crippen LogP contribution is 2.76. The molecule has 1 spiro atoms. The monoisotopic (exact) mass is 450 g/mol. The van der Waals surface area contributed by atoms with Crippen molar-refractivity contribution < 1.29 is 32.0 Å². The van der Waals surface area contributed by atoms with E-state index in [1.54, 1.807) is 12.2 Å². The average molecular weight is 451 g/mol. The van der Waals surface area contributed by atoms with Crippen LogP contribution in [-0.4, -0.2) is 55.3 Å². The second kappa shape index (κ2) is 6.16. The number of epoxide rings is 1. The Hall–Kier alpha value is -1.35. The van der Waals surface area contributed by atoms with Crippen LogP contribution in [0, 0.1) is 28.6 Å². The number of carbonyl (C=O) groups excluding carboxylic acids is 2. The van der Waals surface area contributed by atoms with E-state index >= 15 is 0 Å². The van der Waals surface area contributed by atoms with Gasteiger partial charge in [-0.3, -0.25) is 13.8 Å². The number of fused-ring (bicyclic) bond motifs is 3. The highest BCUT2D eigenvalue weighted by Gasteiger charge is 2.81. The summed E-state index contributed by atoms with van der Waals surface area (Å²) in [5, 5.41) is 11.8. The van der Waals surface area contributed by atoms with Gasteiger partial charge in [0.25, 0.3) is 10.1 Å². The Balaban J connectivity index is 1.51. The third-order valence-corrected chi connectivity index (χ3v) is 9.89. The maximum atomic E-state index is 13.2. The number of allylic oxidation sites excluding steroid dienone is 2. The molecule has 3 saturated carbocycles. The molecule has 4 aliphatic carbocycles. The van der Waals surface area contributed by atoms with E-state index in [1.165, 1.54) is 0 Å². The summed E-state index contributed by atoms with van der Waals surface area (Å²) in [5.41, 5.74) is -2.05. The molecule has 8 heteroatoms. The molecule has 1 saturated heterocycles. The smallest absolute Gasteiger partial charge is 0.264 e. The first kappa shape index (κ1) is 21.5. The quantitative estimate of drug-likeness (QED) is 0.515. The average Bonchev–Trinajstić information content (AvgIpc) is 3.36. The zero-order valence-corrected chi connectivity index (χ0v) is 19.2. The minimum Gasteiger partial charge on any atom is -0.381 e. The van der Waals surface area contributed by atoms with Crippen LogP contribution in [0.1, 0.15) is 46.5 Å². The molecule has 0 bridgehead atoms. The Kier molecular flexibility index (Phi) is 4.27. The van der Waals surface area contributed by atoms with Crippen LogP contribution in [0.5, 0.6) is 0 Å². The summed E-state index contributed by atoms with van der Waals surface area (Å²) in [4.78, 5) is 25.1. The SMILES string of the molecule is C[C@@H]1C[C@H]2C3CCC4=CC(=O)C=C[C@]4(C)[C@]34O[C@@H]4C[C@]2(C)[C@@]1(O)C(=O)COS(C)(=O)=O. The minimum atomic E-state index is -3.79. The lowest BCUT2D eigenvalue weighted by Crippen LogP contribution is -2.62. The molecule has 8 atom stereocenters. The summed E-state index contributed by atoms with van der Waals surface area (Å²) in [6.45, 7) is 5.32. The van der Waals surface area contributed by atoms with Gasteiger partial charge in [-0.2, -0.15) is 8.42 Å². The van der Waals surface area contributed by atoms with Crippen LogP contribution in [0.25, 0.3) is 0 Å². The molecule has 1 N–H and O–H groups in total. The lowest BCUT2D eigenvalue weighted by molar-refractivity contribution is -0.165. The largest absolute Gasteiger partial charge is 0.381 e. The molecule has 7 nitrogen and oxygen atoms in total. The van der Waals surface area contributed by atoms with Gasteiger partial charge in [-0.25, -0.2) is 0 Å². The molecule has 31 heavy (non-hydrogen) atoms. The van der Waals surface area contributed by atoms with Crippen LogP contribution in [0.2, 0.25) is 0 Å². The van der Waals surface area contributed by atoms with Crippen molar-refractivity contribution in [2.75, 3.05) is 12.9 Å². The maximum absolute atomic E-state index is 13.2. The number of Topliss-reactive ketones (excluding diaryl/α,β-unsaturated/α-hetero) is 1. The van der Waals surface area contributed by atoms with Gasteiger partial charge in [-0.15, -0.1) is 0 Å². The van der Waals surface area contributed by atoms with Gasteiger partial charge in [-0.05, 0) is 62.5 Å². The normalized spacial score (nSPS) is 50.1. The molecular weight excluding hydrogens is 420 g/mol. The zero-order chi connectivity index (χ0) is 22.6. The Morgan fingerprint density at radius 3 is 2.71 bits per heavy atom. The number of aliphatic hydroxyl groups is 1. The molecule has 1 aliphatic heterocycles. The molecule has 5 aliphatic rings. The summed E-state index contributed by atoms with van der Waals surface area (Å²) in [6.07, 6.45) is 8.97. The zero-order valence-electron chi connectivity index (χ0n) is 18.4. The number of rotatable bonds is 4. The van der Waals surface area contributed by atoms with Crippen molar-refractivity contribution >= 4 is 21.7 Å². The predicted octanol–water partition coefficient (Wildman–Crippen LogP) is 1.95. The van der Waals surface area contributed by atoms with Crippen molar-refractivity contribution in [3.05, 3.63) is 23.8 Å². The van der Waals surface area contributed by atoms with Crippen LogP contribution in [0.15, 0.2) is 23.8 Å². The summed E-state index contributed by atoms with van der Waals surface area (Å²) in [5.74, 6) is -0.676. The van der Waals surface area contributed by atoms with Crippen molar-refractivity contribution in [3.63, 3.8) is 0 Å². The van der Waals surface area contributed by atoms with E-state index in [-0.39, 0.29) is 35.1 Å². The van der Waals surface area contributed by atoms with Crippen LogP contribution in [0.4, 0.5) is 0 Å². The summed E-state index contributed by atoms with van der Waals surface area (Å²) < 4.78 is 34.1. The number of ketones is 2. The van der Waals surface area contributed by atoms with E-state index in [0.717, 1.165) is 24.7 Å². The van der Waals surface area contributed by atoms with Gasteiger partial charge in [0.2, 0.25) is 0 Å². The summed E-state index contributed by atoms with van der Waals surface area (Å²) in [7, 11) is -3.79. The predicted molar refractivity (Wildman–Crippen MR) is 111 cm³/mol. The van der Waals surface area contributed by atoms with Crippen LogP contribution in [0.3, 0.4) is 0 Å². The van der Waals surface area contributed by atoms with E-state index in [9.17, 15) is 23.1 Å². The number of ether oxygens (including phenoxy) is 1. The van der Waals surface area contributed by atoms with Crippen molar-refractivity contribution in [1.82, 2.24) is 0 Å². The van der Waals surface area contributed by atoms with Crippen molar-refractivity contribution in [3.8, 4) is 0 Å². The molecular formula is C23H30O7S. The molecule has 4 fully saturated rings. The highest BCUT2D eigenvalue weighted by atomic mass is 32.2. The van der Waals surface area contributed by atoms with Crippen molar-refractivity contribution in [2.45, 2.75) is 63.8 Å². The standard InChI is InChI=1S/C23H30O7S/c1-13-9-17-16-6-5-14-10-15(24)7-8-20(14,2)23(16)19(30-23)11-21(17,3)22(13,26)18(25)12-29-31(4,27)28/h7-8,10,13,16-17,19,26H,5-6,9,11-12H2,1-4H3/t13-,16?,17+,19-,20+,21+,22+,23+/m1/s1. The van der Waals surface area contributed by atoms with E-state index in [1.807, 2.05) is 19.9 Å². The third kappa shape index (κ3) is 2.53. The molecule has 0 radical (unpaired) electrons. The molecule has 1 heterocycles. The van der Waals surface area contributed by atoms with Gasteiger partial charge in [0.05, 0.1) is 12.4 Å². The Labute approximate surface area is 183 Å². The first-order valence-electron chi connectivity index (χ1n) is 11.0. The fraction of sp³-hybridized carbons (Fsp3) is 0.739. The van der Waals surface area contributed by atoms with E-state index in [2.05, 4.69) is 6.92 Å². The topological polar surface area (TPSA) is 110 Å². The summed E-state index contributed by atoms with van der Waals surface area (Å²) >= 11 is 0. The first-order chi connectivity index (χ1) is 14.3. The number of hydrogen-bond acceptors (Lipinski definition) is 7. The van der Waals surface area contributed by atoms with Crippen LogP contribution >= 0.6 is 0 Å². The number of hydrogen-bond donors (Lipinski definition) is 1. The van der Waals surface area contributed by atoms with E-state index in [4.69, 9.17) is 8.92 Å². The molecule has 0 aromatic rings. The third-order valence-electron chi connectivity index (χ3n) is 9.34. The van der Waals surface area contributed by atoms with Crippen molar-refractivity contribution in [1.29, 1.82) is 0 Å². The van der Waals surface area contributed by atoms with E-state index < -0.39 is 39.1 Å². The molecule has 170 valence electrons. The lowest BCUT2D eigenvalue weighted by atomic mass is 9.46.